The number of nitrogens with zero attached hydrogens (tertiary/aromatic N) is 5. The highest BCUT2D eigenvalue weighted by Gasteiger charge is 2.17. The molecule has 9 heteroatoms. The van der Waals surface area contributed by atoms with E-state index in [9.17, 15) is 4.79 Å². The van der Waals surface area contributed by atoms with Crippen LogP contribution in [0.3, 0.4) is 0 Å². The Balaban J connectivity index is 1.79. The molecule has 3 rings (SSSR count). The Kier molecular flexibility index (Phi) is 4.38. The van der Waals surface area contributed by atoms with Crippen molar-refractivity contribution in [3.63, 3.8) is 0 Å². The smallest absolute Gasteiger partial charge is 0.343 e. The monoisotopic (exact) mass is 318 g/mol. The van der Waals surface area contributed by atoms with Crippen molar-refractivity contribution in [2.45, 2.75) is 6.92 Å². The SMILES string of the molecule is CCOC(=O)c1cn(-c2ccc(N3CCOCC3)nn2)nc1N. The first-order chi connectivity index (χ1) is 11.2. The first-order valence-electron chi connectivity index (χ1n) is 7.38. The number of morpholine rings is 1. The Hall–Kier alpha value is -2.68. The van der Waals surface area contributed by atoms with Crippen LogP contribution in [0.2, 0.25) is 0 Å². The van der Waals surface area contributed by atoms with Crippen LogP contribution in [0.1, 0.15) is 17.3 Å². The molecule has 0 spiro atoms. The van der Waals surface area contributed by atoms with E-state index in [4.69, 9.17) is 15.2 Å². The lowest BCUT2D eigenvalue weighted by atomic mass is 10.3. The van der Waals surface area contributed by atoms with Crippen molar-refractivity contribution < 1.29 is 14.3 Å². The lowest BCUT2D eigenvalue weighted by molar-refractivity contribution is 0.0527. The molecule has 1 fully saturated rings. The van der Waals surface area contributed by atoms with Crippen molar-refractivity contribution >= 4 is 17.6 Å². The lowest BCUT2D eigenvalue weighted by Gasteiger charge is -2.27. The van der Waals surface area contributed by atoms with Gasteiger partial charge >= 0.3 is 5.97 Å². The topological polar surface area (TPSA) is 108 Å². The van der Waals surface area contributed by atoms with Gasteiger partial charge in [0.15, 0.2) is 17.5 Å². The summed E-state index contributed by atoms with van der Waals surface area (Å²) in [5, 5.41) is 12.4. The Bertz CT molecular complexity index is 678. The van der Waals surface area contributed by atoms with E-state index in [1.165, 1.54) is 10.9 Å². The molecule has 9 nitrogen and oxygen atoms in total. The minimum absolute atomic E-state index is 0.0995. The second kappa shape index (κ2) is 6.61. The highest BCUT2D eigenvalue weighted by molar-refractivity contribution is 5.94. The quantitative estimate of drug-likeness (QED) is 0.800. The number of carbonyl (C=O) groups excluding carboxylic acids is 1. The molecule has 3 heterocycles. The maximum Gasteiger partial charge on any atom is 0.343 e. The molecule has 1 aliphatic heterocycles. The van der Waals surface area contributed by atoms with Crippen LogP contribution in [0.25, 0.3) is 5.82 Å². The van der Waals surface area contributed by atoms with Crippen molar-refractivity contribution in [3.05, 3.63) is 23.9 Å². The van der Waals surface area contributed by atoms with Gasteiger partial charge in [-0.1, -0.05) is 0 Å². The van der Waals surface area contributed by atoms with Gasteiger partial charge < -0.3 is 20.1 Å². The summed E-state index contributed by atoms with van der Waals surface area (Å²) in [7, 11) is 0. The van der Waals surface area contributed by atoms with Crippen molar-refractivity contribution in [3.8, 4) is 5.82 Å². The van der Waals surface area contributed by atoms with Gasteiger partial charge in [-0.3, -0.25) is 0 Å². The Morgan fingerprint density at radius 1 is 1.30 bits per heavy atom. The molecule has 2 N–H and O–H groups in total. The normalized spacial score (nSPS) is 14.7. The number of nitrogens with two attached hydrogens (primary N) is 1. The van der Waals surface area contributed by atoms with E-state index in [0.29, 0.717) is 19.0 Å². The first-order valence-corrected chi connectivity index (χ1v) is 7.38. The van der Waals surface area contributed by atoms with E-state index < -0.39 is 5.97 Å². The second-order valence-electron chi connectivity index (χ2n) is 4.94. The minimum Gasteiger partial charge on any atom is -0.462 e. The number of aromatic nitrogens is 4. The van der Waals surface area contributed by atoms with Gasteiger partial charge in [-0.25, -0.2) is 9.48 Å². The average molecular weight is 318 g/mol. The molecule has 122 valence electrons. The van der Waals surface area contributed by atoms with E-state index in [0.717, 1.165) is 18.9 Å². The fourth-order valence-corrected chi connectivity index (χ4v) is 2.27. The fraction of sp³-hybridized carbons (Fsp3) is 0.429. The molecule has 0 amide bonds. The fourth-order valence-electron chi connectivity index (χ4n) is 2.27. The van der Waals surface area contributed by atoms with E-state index in [2.05, 4.69) is 20.2 Å². The molecular formula is C14H18N6O3. The van der Waals surface area contributed by atoms with Gasteiger partial charge in [-0.2, -0.15) is 0 Å². The molecule has 0 bridgehead atoms. The van der Waals surface area contributed by atoms with Gasteiger partial charge in [0, 0.05) is 19.3 Å². The number of hydrogen-bond donors (Lipinski definition) is 1. The molecule has 2 aromatic rings. The zero-order valence-corrected chi connectivity index (χ0v) is 12.8. The molecule has 0 aromatic carbocycles. The molecule has 2 aromatic heterocycles. The molecule has 0 radical (unpaired) electrons. The standard InChI is InChI=1S/C14H18N6O3/c1-2-23-14(21)10-9-20(18-13(10)15)12-4-3-11(16-17-12)19-5-7-22-8-6-19/h3-4,9H,2,5-8H2,1H3,(H2,15,18). The van der Waals surface area contributed by atoms with Gasteiger partial charge in [-0.15, -0.1) is 15.3 Å². The molecule has 1 aliphatic rings. The van der Waals surface area contributed by atoms with Gasteiger partial charge in [0.25, 0.3) is 0 Å². The number of esters is 1. The minimum atomic E-state index is -0.505. The van der Waals surface area contributed by atoms with Gasteiger partial charge in [-0.05, 0) is 19.1 Å². The zero-order valence-electron chi connectivity index (χ0n) is 12.8. The predicted octanol–water partition coefficient (Wildman–Crippen LogP) is 0.258. The van der Waals surface area contributed by atoms with Crippen molar-refractivity contribution in [1.29, 1.82) is 0 Å². The zero-order chi connectivity index (χ0) is 16.2. The summed E-state index contributed by atoms with van der Waals surface area (Å²) < 4.78 is 11.7. The van der Waals surface area contributed by atoms with Crippen LogP contribution in [0.5, 0.6) is 0 Å². The molecule has 0 unspecified atom stereocenters. The molecular weight excluding hydrogens is 300 g/mol. The van der Waals surface area contributed by atoms with E-state index in [1.807, 2.05) is 6.07 Å². The maximum atomic E-state index is 11.8. The number of carbonyl (C=O) groups is 1. The maximum absolute atomic E-state index is 11.8. The summed E-state index contributed by atoms with van der Waals surface area (Å²) in [6.07, 6.45) is 1.49. The van der Waals surface area contributed by atoms with Crippen LogP contribution >= 0.6 is 0 Å². The van der Waals surface area contributed by atoms with Crippen LogP contribution in [0, 0.1) is 0 Å². The second-order valence-corrected chi connectivity index (χ2v) is 4.94. The highest BCUT2D eigenvalue weighted by Crippen LogP contribution is 2.16. The summed E-state index contributed by atoms with van der Waals surface area (Å²) in [6.45, 7) is 4.95. The van der Waals surface area contributed by atoms with Crippen molar-refractivity contribution in [1.82, 2.24) is 20.0 Å². The van der Waals surface area contributed by atoms with Crippen LogP contribution in [0.15, 0.2) is 18.3 Å². The number of ether oxygens (including phenoxy) is 2. The predicted molar refractivity (Wildman–Crippen MR) is 82.6 cm³/mol. The third kappa shape index (κ3) is 3.24. The highest BCUT2D eigenvalue weighted by atomic mass is 16.5. The Labute approximate surface area is 133 Å². The van der Waals surface area contributed by atoms with E-state index >= 15 is 0 Å². The largest absolute Gasteiger partial charge is 0.462 e. The number of nitrogen functional groups attached to an aromatic ring is 1. The van der Waals surface area contributed by atoms with Gasteiger partial charge in [0.05, 0.1) is 19.8 Å². The number of hydrogen-bond acceptors (Lipinski definition) is 8. The van der Waals surface area contributed by atoms with Gasteiger partial charge in [0.2, 0.25) is 0 Å². The summed E-state index contributed by atoms with van der Waals surface area (Å²) in [5.74, 6) is 0.851. The third-order valence-electron chi connectivity index (χ3n) is 3.44. The molecule has 0 saturated carbocycles. The summed E-state index contributed by atoms with van der Waals surface area (Å²) in [6, 6.07) is 3.63. The number of anilines is 2. The molecule has 0 atom stereocenters. The summed E-state index contributed by atoms with van der Waals surface area (Å²) in [4.78, 5) is 13.9. The van der Waals surface area contributed by atoms with E-state index in [1.54, 1.807) is 13.0 Å². The van der Waals surface area contributed by atoms with Gasteiger partial charge in [0.1, 0.15) is 5.56 Å². The molecule has 0 aliphatic carbocycles. The third-order valence-corrected chi connectivity index (χ3v) is 3.44. The Morgan fingerprint density at radius 2 is 2.00 bits per heavy atom. The molecule has 23 heavy (non-hydrogen) atoms. The van der Waals surface area contributed by atoms with Crippen LogP contribution in [0.4, 0.5) is 11.6 Å². The summed E-state index contributed by atoms with van der Waals surface area (Å²) in [5.41, 5.74) is 5.97. The van der Waals surface area contributed by atoms with Crippen LogP contribution in [-0.4, -0.2) is 58.9 Å². The van der Waals surface area contributed by atoms with E-state index in [-0.39, 0.29) is 18.0 Å². The Morgan fingerprint density at radius 3 is 2.65 bits per heavy atom. The molecule has 1 saturated heterocycles. The van der Waals surface area contributed by atoms with Crippen molar-refractivity contribution in [2.75, 3.05) is 43.5 Å². The van der Waals surface area contributed by atoms with Crippen LogP contribution in [-0.2, 0) is 9.47 Å². The summed E-state index contributed by atoms with van der Waals surface area (Å²) >= 11 is 0. The average Bonchev–Trinajstić information content (AvgIpc) is 2.98. The van der Waals surface area contributed by atoms with Crippen LogP contribution < -0.4 is 10.6 Å². The first kappa shape index (κ1) is 15.2. The number of rotatable bonds is 4. The van der Waals surface area contributed by atoms with Crippen molar-refractivity contribution in [2.24, 2.45) is 0 Å². The lowest BCUT2D eigenvalue weighted by Crippen LogP contribution is -2.36.